The Balaban J connectivity index is 1.49. The molecule has 2 aromatic heterocycles. The molecule has 0 spiro atoms. The molecule has 1 aliphatic heterocycles. The summed E-state index contributed by atoms with van der Waals surface area (Å²) in [6.07, 6.45) is 4.66. The highest BCUT2D eigenvalue weighted by molar-refractivity contribution is 5.66. The molecule has 0 unspecified atom stereocenters. The Labute approximate surface area is 141 Å². The van der Waals surface area contributed by atoms with Gasteiger partial charge in [-0.15, -0.1) is 5.10 Å². The number of pyridine rings is 1. The van der Waals surface area contributed by atoms with Crippen molar-refractivity contribution >= 4 is 5.65 Å². The van der Waals surface area contributed by atoms with Crippen molar-refractivity contribution in [2.24, 2.45) is 0 Å². The molecule has 0 radical (unpaired) electrons. The normalized spacial score (nSPS) is 15.3. The summed E-state index contributed by atoms with van der Waals surface area (Å²) in [5, 5.41) is 15.6. The van der Waals surface area contributed by atoms with Gasteiger partial charge in [-0.05, 0) is 48.0 Å². The summed E-state index contributed by atoms with van der Waals surface area (Å²) in [5.74, 6) is 0. The molecule has 3 heterocycles. The van der Waals surface area contributed by atoms with E-state index < -0.39 is 0 Å². The van der Waals surface area contributed by atoms with E-state index in [2.05, 4.69) is 43.9 Å². The first-order chi connectivity index (χ1) is 11.9. The molecule has 1 aromatic carbocycles. The number of nitrogens with one attached hydrogen (secondary N) is 1. The Bertz CT molecular complexity index is 792. The zero-order chi connectivity index (χ0) is 16.2. The van der Waals surface area contributed by atoms with Crippen molar-refractivity contribution < 1.29 is 0 Å². The zero-order valence-electron chi connectivity index (χ0n) is 13.7. The van der Waals surface area contributed by atoms with E-state index in [-0.39, 0.29) is 0 Å². The predicted octanol–water partition coefficient (Wildman–Crippen LogP) is 1.98. The lowest BCUT2D eigenvalue weighted by molar-refractivity contribution is 0.336. The summed E-state index contributed by atoms with van der Waals surface area (Å²) in [6, 6.07) is 12.5. The fraction of sp³-hybridized carbons (Fsp3) is 0.389. The molecule has 0 atom stereocenters. The van der Waals surface area contributed by atoms with Gasteiger partial charge in [-0.1, -0.05) is 30.3 Å². The Kier molecular flexibility index (Phi) is 4.49. The second-order valence-corrected chi connectivity index (χ2v) is 6.29. The summed E-state index contributed by atoms with van der Waals surface area (Å²) >= 11 is 0. The minimum absolute atomic E-state index is 0.776. The highest BCUT2D eigenvalue weighted by atomic mass is 15.5. The number of benzene rings is 1. The number of tetrazole rings is 1. The third kappa shape index (κ3) is 3.29. The first-order valence-corrected chi connectivity index (χ1v) is 8.59. The van der Waals surface area contributed by atoms with E-state index in [0.29, 0.717) is 0 Å². The lowest BCUT2D eigenvalue weighted by atomic mass is 10.1. The first kappa shape index (κ1) is 15.2. The van der Waals surface area contributed by atoms with Crippen LogP contribution in [0.2, 0.25) is 0 Å². The van der Waals surface area contributed by atoms with Gasteiger partial charge in [0.1, 0.15) is 0 Å². The summed E-state index contributed by atoms with van der Waals surface area (Å²) in [7, 11) is 0. The molecule has 3 aromatic rings. The number of fused-ring (bicyclic) bond motifs is 1. The molecule has 124 valence electrons. The maximum Gasteiger partial charge on any atom is 0.183 e. The van der Waals surface area contributed by atoms with E-state index in [1.807, 2.05) is 24.4 Å². The predicted molar refractivity (Wildman–Crippen MR) is 93.6 cm³/mol. The molecule has 1 fully saturated rings. The van der Waals surface area contributed by atoms with Gasteiger partial charge in [-0.25, -0.2) is 0 Å². The molecule has 1 saturated heterocycles. The van der Waals surface area contributed by atoms with E-state index in [1.54, 1.807) is 4.52 Å². The van der Waals surface area contributed by atoms with Crippen LogP contribution in [0.25, 0.3) is 16.8 Å². The van der Waals surface area contributed by atoms with Gasteiger partial charge in [-0.3, -0.25) is 0 Å². The summed E-state index contributed by atoms with van der Waals surface area (Å²) in [6.45, 7) is 5.36. The Morgan fingerprint density at radius 3 is 2.71 bits per heavy atom. The topological polar surface area (TPSA) is 58.3 Å². The lowest BCUT2D eigenvalue weighted by Gasteiger charge is -2.15. The smallest absolute Gasteiger partial charge is 0.183 e. The maximum atomic E-state index is 4.16. The van der Waals surface area contributed by atoms with Crippen molar-refractivity contribution in [2.45, 2.75) is 19.4 Å². The molecular weight excluding hydrogens is 300 g/mol. The second-order valence-electron chi connectivity index (χ2n) is 6.29. The van der Waals surface area contributed by atoms with Crippen molar-refractivity contribution in [3.05, 3.63) is 48.2 Å². The zero-order valence-corrected chi connectivity index (χ0v) is 13.7. The van der Waals surface area contributed by atoms with Crippen LogP contribution >= 0.6 is 0 Å². The van der Waals surface area contributed by atoms with Crippen LogP contribution in [0, 0.1) is 0 Å². The summed E-state index contributed by atoms with van der Waals surface area (Å²) in [4.78, 5) is 2.52. The number of hydrogen-bond acceptors (Lipinski definition) is 5. The Hall–Kier alpha value is -2.31. The van der Waals surface area contributed by atoms with Crippen LogP contribution in [0.1, 0.15) is 18.4 Å². The first-order valence-electron chi connectivity index (χ1n) is 8.59. The monoisotopic (exact) mass is 322 g/mol. The van der Waals surface area contributed by atoms with Gasteiger partial charge < -0.3 is 10.2 Å². The molecule has 0 saturated carbocycles. The fourth-order valence-corrected chi connectivity index (χ4v) is 3.30. The van der Waals surface area contributed by atoms with Gasteiger partial charge in [0.2, 0.25) is 0 Å². The lowest BCUT2D eigenvalue weighted by Crippen LogP contribution is -2.29. The van der Waals surface area contributed by atoms with Gasteiger partial charge >= 0.3 is 0 Å². The third-order valence-corrected chi connectivity index (χ3v) is 4.60. The molecule has 0 aliphatic carbocycles. The van der Waals surface area contributed by atoms with E-state index in [9.17, 15) is 0 Å². The molecule has 1 aliphatic rings. The average molecular weight is 322 g/mol. The Morgan fingerprint density at radius 1 is 1.04 bits per heavy atom. The number of aromatic nitrogens is 4. The van der Waals surface area contributed by atoms with Gasteiger partial charge in [-0.2, -0.15) is 4.52 Å². The van der Waals surface area contributed by atoms with Crippen molar-refractivity contribution in [1.29, 1.82) is 0 Å². The van der Waals surface area contributed by atoms with E-state index in [1.165, 1.54) is 31.5 Å². The quantitative estimate of drug-likeness (QED) is 0.703. The highest BCUT2D eigenvalue weighted by Crippen LogP contribution is 2.21. The van der Waals surface area contributed by atoms with Crippen LogP contribution < -0.4 is 5.32 Å². The molecule has 1 N–H and O–H groups in total. The van der Waals surface area contributed by atoms with Crippen LogP contribution in [-0.2, 0) is 6.54 Å². The Morgan fingerprint density at radius 2 is 1.88 bits per heavy atom. The molecular formula is C18H22N6. The van der Waals surface area contributed by atoms with Crippen LogP contribution in [0.15, 0.2) is 42.6 Å². The minimum Gasteiger partial charge on any atom is -0.311 e. The molecule has 6 nitrogen and oxygen atoms in total. The second kappa shape index (κ2) is 7.07. The van der Waals surface area contributed by atoms with Crippen LogP contribution in [0.5, 0.6) is 0 Å². The summed E-state index contributed by atoms with van der Waals surface area (Å²) in [5.41, 5.74) is 4.26. The number of hydrogen-bond donors (Lipinski definition) is 1. The molecule has 0 amide bonds. The van der Waals surface area contributed by atoms with Gasteiger partial charge in [0, 0.05) is 37.0 Å². The summed E-state index contributed by atoms with van der Waals surface area (Å²) < 4.78 is 1.76. The number of rotatable bonds is 6. The van der Waals surface area contributed by atoms with Crippen molar-refractivity contribution in [1.82, 2.24) is 30.3 Å². The van der Waals surface area contributed by atoms with Crippen LogP contribution in [0.4, 0.5) is 0 Å². The standard InChI is InChI=1S/C18H22N6/c1-2-6-15(7-3-1)17-12-16(18-20-21-22-24(18)14-17)13-19-8-11-23-9-4-5-10-23/h1-3,6-7,12,14,19H,4-5,8-11,13H2. The van der Waals surface area contributed by atoms with E-state index >= 15 is 0 Å². The largest absolute Gasteiger partial charge is 0.311 e. The van der Waals surface area contributed by atoms with Gasteiger partial charge in [0.25, 0.3) is 0 Å². The third-order valence-electron chi connectivity index (χ3n) is 4.60. The molecule has 24 heavy (non-hydrogen) atoms. The molecule has 0 bridgehead atoms. The minimum atomic E-state index is 0.776. The fourth-order valence-electron chi connectivity index (χ4n) is 3.30. The molecule has 6 heteroatoms. The van der Waals surface area contributed by atoms with Crippen molar-refractivity contribution in [3.8, 4) is 11.1 Å². The van der Waals surface area contributed by atoms with E-state index in [0.717, 1.165) is 36.4 Å². The van der Waals surface area contributed by atoms with Crippen molar-refractivity contribution in [3.63, 3.8) is 0 Å². The molecule has 4 rings (SSSR count). The maximum absolute atomic E-state index is 4.16. The highest BCUT2D eigenvalue weighted by Gasteiger charge is 2.11. The average Bonchev–Trinajstić information content (AvgIpc) is 3.30. The van der Waals surface area contributed by atoms with Gasteiger partial charge in [0.05, 0.1) is 0 Å². The SMILES string of the molecule is c1ccc(-c2cc(CNCCN3CCCC3)c3nnnn3c2)cc1. The van der Waals surface area contributed by atoms with E-state index in [4.69, 9.17) is 0 Å². The number of nitrogens with zero attached hydrogens (tertiary/aromatic N) is 5. The van der Waals surface area contributed by atoms with Crippen molar-refractivity contribution in [2.75, 3.05) is 26.2 Å². The van der Waals surface area contributed by atoms with Gasteiger partial charge in [0.15, 0.2) is 5.65 Å². The van der Waals surface area contributed by atoms with Crippen LogP contribution in [-0.4, -0.2) is 51.1 Å². The number of likely N-dealkylation sites (tertiary alicyclic amines) is 1. The van der Waals surface area contributed by atoms with Crippen LogP contribution in [0.3, 0.4) is 0 Å².